The molecule has 1 aliphatic carbocycles. The van der Waals surface area contributed by atoms with E-state index >= 15 is 0 Å². The van der Waals surface area contributed by atoms with Crippen molar-refractivity contribution < 1.29 is 17.2 Å². The Labute approximate surface area is 88.3 Å². The molecule has 0 aromatic heterocycles. The standard InChI is InChI=1S/C8H16F2N2O2S/c9-8(10)15(13,14)12-5-6-1-3-7(11)4-2-6/h6-8,12H,1-5,11H2. The van der Waals surface area contributed by atoms with Crippen molar-refractivity contribution in [3.63, 3.8) is 0 Å². The molecule has 4 nitrogen and oxygen atoms in total. The number of halogens is 2. The molecule has 1 rings (SSSR count). The second kappa shape index (κ2) is 5.18. The molecule has 1 saturated carbocycles. The molecular weight excluding hydrogens is 226 g/mol. The van der Waals surface area contributed by atoms with Crippen LogP contribution in [0.4, 0.5) is 8.78 Å². The Hall–Kier alpha value is -0.270. The van der Waals surface area contributed by atoms with Gasteiger partial charge in [-0.25, -0.2) is 13.1 Å². The van der Waals surface area contributed by atoms with E-state index in [0.29, 0.717) is 0 Å². The summed E-state index contributed by atoms with van der Waals surface area (Å²) >= 11 is 0. The van der Waals surface area contributed by atoms with Crippen LogP contribution in [0.2, 0.25) is 0 Å². The number of sulfonamides is 1. The molecule has 0 saturated heterocycles. The molecule has 0 aliphatic heterocycles. The van der Waals surface area contributed by atoms with Crippen LogP contribution in [0.25, 0.3) is 0 Å². The Morgan fingerprint density at radius 1 is 1.27 bits per heavy atom. The molecule has 0 atom stereocenters. The van der Waals surface area contributed by atoms with Gasteiger partial charge in [-0.05, 0) is 31.6 Å². The molecule has 7 heteroatoms. The van der Waals surface area contributed by atoms with E-state index in [1.54, 1.807) is 0 Å². The molecule has 0 aromatic carbocycles. The summed E-state index contributed by atoms with van der Waals surface area (Å²) in [6, 6.07) is 0.174. The molecule has 1 aliphatic rings. The number of hydrogen-bond acceptors (Lipinski definition) is 3. The minimum atomic E-state index is -4.43. The Morgan fingerprint density at radius 2 is 1.80 bits per heavy atom. The van der Waals surface area contributed by atoms with Gasteiger partial charge in [0.2, 0.25) is 0 Å². The van der Waals surface area contributed by atoms with Crippen LogP contribution in [0.3, 0.4) is 0 Å². The highest BCUT2D eigenvalue weighted by molar-refractivity contribution is 7.89. The van der Waals surface area contributed by atoms with Crippen molar-refractivity contribution >= 4 is 10.0 Å². The van der Waals surface area contributed by atoms with Crippen molar-refractivity contribution in [3.8, 4) is 0 Å². The number of hydrogen-bond donors (Lipinski definition) is 2. The monoisotopic (exact) mass is 242 g/mol. The molecule has 0 heterocycles. The smallest absolute Gasteiger partial charge is 0.328 e. The summed E-state index contributed by atoms with van der Waals surface area (Å²) in [5, 5.41) is 0. The van der Waals surface area contributed by atoms with Crippen LogP contribution in [-0.2, 0) is 10.0 Å². The van der Waals surface area contributed by atoms with Crippen LogP contribution in [0, 0.1) is 5.92 Å². The molecule has 90 valence electrons. The summed E-state index contributed by atoms with van der Waals surface area (Å²) in [4.78, 5) is 0. The highest BCUT2D eigenvalue weighted by atomic mass is 32.2. The van der Waals surface area contributed by atoms with Gasteiger partial charge < -0.3 is 5.73 Å². The van der Waals surface area contributed by atoms with Crippen molar-refractivity contribution in [3.05, 3.63) is 0 Å². The van der Waals surface area contributed by atoms with Gasteiger partial charge >= 0.3 is 5.76 Å². The summed E-state index contributed by atoms with van der Waals surface area (Å²) < 4.78 is 47.3. The largest absolute Gasteiger partial charge is 0.350 e. The second-order valence-corrected chi connectivity index (χ2v) is 5.67. The van der Waals surface area contributed by atoms with Crippen molar-refractivity contribution in [2.45, 2.75) is 37.5 Å². The highest BCUT2D eigenvalue weighted by Crippen LogP contribution is 2.22. The molecule has 15 heavy (non-hydrogen) atoms. The Bertz CT molecular complexity index is 287. The first-order valence-corrected chi connectivity index (χ1v) is 6.48. The van der Waals surface area contributed by atoms with Gasteiger partial charge in [-0.3, -0.25) is 0 Å². The fraction of sp³-hybridized carbons (Fsp3) is 1.00. The quantitative estimate of drug-likeness (QED) is 0.760. The summed E-state index contributed by atoms with van der Waals surface area (Å²) in [5.74, 6) is -3.21. The molecule has 0 radical (unpaired) electrons. The van der Waals surface area contributed by atoms with E-state index in [4.69, 9.17) is 5.73 Å². The summed E-state index contributed by atoms with van der Waals surface area (Å²) in [7, 11) is -4.43. The lowest BCUT2D eigenvalue weighted by molar-refractivity contribution is 0.231. The third-order valence-corrected chi connectivity index (χ3v) is 3.74. The molecule has 0 spiro atoms. The van der Waals surface area contributed by atoms with Crippen LogP contribution in [0.5, 0.6) is 0 Å². The number of rotatable bonds is 4. The lowest BCUT2D eigenvalue weighted by atomic mass is 9.87. The van der Waals surface area contributed by atoms with Gasteiger partial charge in [0.1, 0.15) is 0 Å². The van der Waals surface area contributed by atoms with Crippen LogP contribution >= 0.6 is 0 Å². The first-order valence-electron chi connectivity index (χ1n) is 4.94. The van der Waals surface area contributed by atoms with Gasteiger partial charge in [0.15, 0.2) is 0 Å². The first-order chi connectivity index (χ1) is 6.92. The molecule has 0 amide bonds. The number of nitrogens with one attached hydrogen (secondary N) is 1. The first kappa shape index (κ1) is 12.8. The Morgan fingerprint density at radius 3 is 2.27 bits per heavy atom. The molecular formula is C8H16F2N2O2S. The van der Waals surface area contributed by atoms with E-state index in [1.165, 1.54) is 0 Å². The number of alkyl halides is 2. The summed E-state index contributed by atoms with van der Waals surface area (Å²) in [6.45, 7) is 0.0966. The van der Waals surface area contributed by atoms with Crippen LogP contribution in [-0.4, -0.2) is 26.8 Å². The maximum atomic E-state index is 12.0. The van der Waals surface area contributed by atoms with Gasteiger partial charge in [-0.15, -0.1) is 0 Å². The van der Waals surface area contributed by atoms with E-state index in [1.807, 2.05) is 4.72 Å². The van der Waals surface area contributed by atoms with Crippen molar-refractivity contribution in [2.75, 3.05) is 6.54 Å². The van der Waals surface area contributed by atoms with Gasteiger partial charge in [0, 0.05) is 12.6 Å². The van der Waals surface area contributed by atoms with Crippen LogP contribution < -0.4 is 10.5 Å². The van der Waals surface area contributed by atoms with Crippen molar-refractivity contribution in [1.82, 2.24) is 4.72 Å². The zero-order chi connectivity index (χ0) is 11.5. The van der Waals surface area contributed by atoms with E-state index in [0.717, 1.165) is 25.7 Å². The second-order valence-electron chi connectivity index (χ2n) is 3.93. The van der Waals surface area contributed by atoms with Crippen molar-refractivity contribution in [1.29, 1.82) is 0 Å². The molecule has 0 aromatic rings. The fourth-order valence-electron chi connectivity index (χ4n) is 1.69. The van der Waals surface area contributed by atoms with Gasteiger partial charge in [0.05, 0.1) is 0 Å². The predicted molar refractivity (Wildman–Crippen MR) is 52.9 cm³/mol. The minimum Gasteiger partial charge on any atom is -0.328 e. The van der Waals surface area contributed by atoms with Gasteiger partial charge in [-0.2, -0.15) is 8.78 Å². The Balaban J connectivity index is 2.32. The zero-order valence-corrected chi connectivity index (χ0v) is 9.14. The van der Waals surface area contributed by atoms with E-state index < -0.39 is 15.8 Å². The lowest BCUT2D eigenvalue weighted by Crippen LogP contribution is -2.36. The SMILES string of the molecule is NC1CCC(CNS(=O)(=O)C(F)F)CC1. The van der Waals surface area contributed by atoms with E-state index in [2.05, 4.69) is 0 Å². The molecule has 3 N–H and O–H groups in total. The topological polar surface area (TPSA) is 72.2 Å². The van der Waals surface area contributed by atoms with E-state index in [9.17, 15) is 17.2 Å². The summed E-state index contributed by atoms with van der Waals surface area (Å²) in [5.41, 5.74) is 5.67. The minimum absolute atomic E-state index is 0.0966. The number of nitrogens with two attached hydrogens (primary N) is 1. The normalized spacial score (nSPS) is 28.3. The summed E-state index contributed by atoms with van der Waals surface area (Å²) in [6.07, 6.45) is 3.27. The van der Waals surface area contributed by atoms with E-state index in [-0.39, 0.29) is 18.5 Å². The zero-order valence-electron chi connectivity index (χ0n) is 8.33. The Kier molecular flexibility index (Phi) is 4.42. The van der Waals surface area contributed by atoms with Crippen molar-refractivity contribution in [2.24, 2.45) is 11.7 Å². The van der Waals surface area contributed by atoms with Gasteiger partial charge in [0.25, 0.3) is 10.0 Å². The molecule has 0 unspecified atom stereocenters. The maximum absolute atomic E-state index is 12.0. The lowest BCUT2D eigenvalue weighted by Gasteiger charge is -2.25. The molecule has 0 bridgehead atoms. The predicted octanol–water partition coefficient (Wildman–Crippen LogP) is 0.646. The van der Waals surface area contributed by atoms with Gasteiger partial charge in [-0.1, -0.05) is 0 Å². The highest BCUT2D eigenvalue weighted by Gasteiger charge is 2.26. The average molecular weight is 242 g/mol. The third kappa shape index (κ3) is 4.00. The molecule has 1 fully saturated rings. The van der Waals surface area contributed by atoms with Crippen LogP contribution in [0.15, 0.2) is 0 Å². The fourth-order valence-corrected chi connectivity index (χ4v) is 2.28. The maximum Gasteiger partial charge on any atom is 0.350 e. The average Bonchev–Trinajstić information content (AvgIpc) is 2.17. The van der Waals surface area contributed by atoms with Crippen LogP contribution in [0.1, 0.15) is 25.7 Å². The third-order valence-electron chi connectivity index (χ3n) is 2.70.